The summed E-state index contributed by atoms with van der Waals surface area (Å²) in [6, 6.07) is 11.5. The van der Waals surface area contributed by atoms with Crippen molar-refractivity contribution in [3.8, 4) is 0 Å². The summed E-state index contributed by atoms with van der Waals surface area (Å²) in [4.78, 5) is 9.78. The Hall–Kier alpha value is -1.49. The van der Waals surface area contributed by atoms with Crippen LogP contribution >= 0.6 is 22.7 Å². The number of aromatic nitrogens is 1. The van der Waals surface area contributed by atoms with E-state index < -0.39 is 0 Å². The van der Waals surface area contributed by atoms with Crippen molar-refractivity contribution in [3.63, 3.8) is 0 Å². The normalized spacial score (nSPS) is 18.3. The van der Waals surface area contributed by atoms with E-state index in [0.29, 0.717) is 6.04 Å². The van der Waals surface area contributed by atoms with Crippen LogP contribution in [0.5, 0.6) is 0 Å². The number of nitrogens with zero attached hydrogens (tertiary/aromatic N) is 2. The summed E-state index contributed by atoms with van der Waals surface area (Å²) in [5, 5.41) is 4.44. The van der Waals surface area contributed by atoms with Crippen LogP contribution in [0.4, 0.5) is 0 Å². The van der Waals surface area contributed by atoms with Gasteiger partial charge >= 0.3 is 0 Å². The van der Waals surface area contributed by atoms with Crippen LogP contribution in [0.15, 0.2) is 53.5 Å². The minimum absolute atomic E-state index is 0.442. The monoisotopic (exact) mass is 326 g/mol. The van der Waals surface area contributed by atoms with Gasteiger partial charge in [-0.1, -0.05) is 6.07 Å². The maximum Gasteiger partial charge on any atom is 0.0707 e. The molecule has 0 saturated carbocycles. The van der Waals surface area contributed by atoms with E-state index in [1.807, 2.05) is 35.1 Å². The molecule has 1 atom stereocenters. The molecule has 4 rings (SSSR count). The Bertz CT molecular complexity index is 719. The van der Waals surface area contributed by atoms with Crippen molar-refractivity contribution in [3.05, 3.63) is 74.4 Å². The van der Waals surface area contributed by atoms with Gasteiger partial charge < -0.3 is 0 Å². The number of fused-ring (bicyclic) bond motifs is 1. The molecule has 0 fully saturated rings. The molecule has 4 heteroatoms. The lowest BCUT2D eigenvalue weighted by molar-refractivity contribution is 0.220. The van der Waals surface area contributed by atoms with Crippen molar-refractivity contribution in [2.75, 3.05) is 13.1 Å². The number of hydrogen-bond acceptors (Lipinski definition) is 4. The van der Waals surface area contributed by atoms with Crippen LogP contribution in [-0.4, -0.2) is 23.0 Å². The van der Waals surface area contributed by atoms with Crippen LogP contribution in [0.2, 0.25) is 0 Å². The molecule has 0 amide bonds. The molecule has 1 aliphatic rings. The minimum atomic E-state index is 0.442. The first-order chi connectivity index (χ1) is 10.9. The van der Waals surface area contributed by atoms with Crippen LogP contribution in [0.3, 0.4) is 0 Å². The Kier molecular flexibility index (Phi) is 4.06. The smallest absolute Gasteiger partial charge is 0.0707 e. The average molecular weight is 326 g/mol. The number of rotatable bonds is 4. The van der Waals surface area contributed by atoms with E-state index >= 15 is 0 Å². The molecule has 0 unspecified atom stereocenters. The van der Waals surface area contributed by atoms with E-state index in [1.54, 1.807) is 4.88 Å². The number of pyridine rings is 1. The van der Waals surface area contributed by atoms with E-state index in [0.717, 1.165) is 19.5 Å². The molecule has 0 aliphatic carbocycles. The molecule has 0 bridgehead atoms. The maximum absolute atomic E-state index is 4.11. The van der Waals surface area contributed by atoms with Gasteiger partial charge in [-0.25, -0.2) is 0 Å². The van der Waals surface area contributed by atoms with Gasteiger partial charge in [-0.05, 0) is 59.0 Å². The highest BCUT2D eigenvalue weighted by molar-refractivity contribution is 7.10. The molecule has 112 valence electrons. The predicted octanol–water partition coefficient (Wildman–Crippen LogP) is 4.39. The van der Waals surface area contributed by atoms with E-state index in [1.165, 1.54) is 22.4 Å². The van der Waals surface area contributed by atoms with Crippen LogP contribution in [0.1, 0.15) is 26.9 Å². The first kappa shape index (κ1) is 14.1. The van der Waals surface area contributed by atoms with Crippen molar-refractivity contribution in [2.24, 2.45) is 0 Å². The molecule has 0 N–H and O–H groups in total. The minimum Gasteiger partial charge on any atom is -0.291 e. The molecule has 3 aromatic heterocycles. The largest absolute Gasteiger partial charge is 0.291 e. The van der Waals surface area contributed by atoms with Gasteiger partial charge in [0.25, 0.3) is 0 Å². The third-order valence-corrected chi connectivity index (χ3v) is 6.24. The lowest BCUT2D eigenvalue weighted by Crippen LogP contribution is -2.36. The molecular weight excluding hydrogens is 308 g/mol. The van der Waals surface area contributed by atoms with Crippen molar-refractivity contribution in [1.29, 1.82) is 0 Å². The molecule has 4 heterocycles. The van der Waals surface area contributed by atoms with Crippen molar-refractivity contribution < 1.29 is 0 Å². The Balaban J connectivity index is 1.58. The third kappa shape index (κ3) is 2.74. The van der Waals surface area contributed by atoms with E-state index in [4.69, 9.17) is 0 Å². The van der Waals surface area contributed by atoms with Gasteiger partial charge in [0, 0.05) is 35.2 Å². The molecule has 3 aromatic rings. The van der Waals surface area contributed by atoms with Crippen LogP contribution in [0.25, 0.3) is 0 Å². The zero-order valence-electron chi connectivity index (χ0n) is 12.3. The maximum atomic E-state index is 4.11. The highest BCUT2D eigenvalue weighted by atomic mass is 32.1. The van der Waals surface area contributed by atoms with Crippen LogP contribution in [-0.2, 0) is 12.8 Å². The van der Waals surface area contributed by atoms with E-state index in [2.05, 4.69) is 51.0 Å². The highest BCUT2D eigenvalue weighted by Crippen LogP contribution is 2.39. The van der Waals surface area contributed by atoms with Crippen molar-refractivity contribution >= 4 is 22.7 Å². The number of thiophene rings is 2. The van der Waals surface area contributed by atoms with Crippen molar-refractivity contribution in [2.45, 2.75) is 18.9 Å². The molecule has 2 nitrogen and oxygen atoms in total. The second-order valence-electron chi connectivity index (χ2n) is 5.61. The Morgan fingerprint density at radius 2 is 2.00 bits per heavy atom. The van der Waals surface area contributed by atoms with E-state index in [-0.39, 0.29) is 0 Å². The summed E-state index contributed by atoms with van der Waals surface area (Å²) in [6.45, 7) is 2.25. The summed E-state index contributed by atoms with van der Waals surface area (Å²) in [7, 11) is 0. The first-order valence-corrected chi connectivity index (χ1v) is 9.40. The van der Waals surface area contributed by atoms with Crippen LogP contribution < -0.4 is 0 Å². The molecule has 22 heavy (non-hydrogen) atoms. The fourth-order valence-electron chi connectivity index (χ4n) is 3.21. The molecule has 0 saturated heterocycles. The van der Waals surface area contributed by atoms with Gasteiger partial charge in [-0.2, -0.15) is 0 Å². The lowest BCUT2D eigenvalue weighted by atomic mass is 9.98. The van der Waals surface area contributed by atoms with Gasteiger partial charge in [0.1, 0.15) is 0 Å². The standard InChI is InChI=1S/C18H18N2S2/c1-2-17(21-12-1)18-15-7-13-22-16(15)6-11-20(18)10-5-14-3-8-19-9-4-14/h1-4,7-9,12-13,18H,5-6,10-11H2/t18-/m0/s1. The highest BCUT2D eigenvalue weighted by Gasteiger charge is 2.29. The third-order valence-electron chi connectivity index (χ3n) is 4.32. The Morgan fingerprint density at radius 1 is 1.09 bits per heavy atom. The molecule has 0 radical (unpaired) electrons. The van der Waals surface area contributed by atoms with Gasteiger partial charge in [-0.15, -0.1) is 22.7 Å². The van der Waals surface area contributed by atoms with Crippen LogP contribution in [0, 0.1) is 0 Å². The fraction of sp³-hybridized carbons (Fsp3) is 0.278. The first-order valence-electron chi connectivity index (χ1n) is 7.64. The molecule has 1 aliphatic heterocycles. The summed E-state index contributed by atoms with van der Waals surface area (Å²) in [5.74, 6) is 0. The molecular formula is C18H18N2S2. The topological polar surface area (TPSA) is 16.1 Å². The van der Waals surface area contributed by atoms with Gasteiger partial charge in [-0.3, -0.25) is 9.88 Å². The summed E-state index contributed by atoms with van der Waals surface area (Å²) in [6.07, 6.45) is 6.05. The predicted molar refractivity (Wildman–Crippen MR) is 93.7 cm³/mol. The fourth-order valence-corrected chi connectivity index (χ4v) is 4.99. The quantitative estimate of drug-likeness (QED) is 0.706. The summed E-state index contributed by atoms with van der Waals surface area (Å²) >= 11 is 3.79. The second kappa shape index (κ2) is 6.32. The van der Waals surface area contributed by atoms with Gasteiger partial charge in [0.05, 0.1) is 6.04 Å². The zero-order chi connectivity index (χ0) is 14.8. The van der Waals surface area contributed by atoms with Gasteiger partial charge in [0.15, 0.2) is 0 Å². The zero-order valence-corrected chi connectivity index (χ0v) is 13.9. The summed E-state index contributed by atoms with van der Waals surface area (Å²) in [5.41, 5.74) is 2.89. The molecule has 0 aromatic carbocycles. The van der Waals surface area contributed by atoms with Crippen molar-refractivity contribution in [1.82, 2.24) is 9.88 Å². The average Bonchev–Trinajstić information content (AvgIpc) is 3.24. The number of hydrogen-bond donors (Lipinski definition) is 0. The van der Waals surface area contributed by atoms with Gasteiger partial charge in [0.2, 0.25) is 0 Å². The lowest BCUT2D eigenvalue weighted by Gasteiger charge is -2.35. The van der Waals surface area contributed by atoms with E-state index in [9.17, 15) is 0 Å². The molecule has 0 spiro atoms. The Labute approximate surface area is 139 Å². The Morgan fingerprint density at radius 3 is 2.82 bits per heavy atom. The second-order valence-corrected chi connectivity index (χ2v) is 7.59. The SMILES string of the molecule is c1csc([C@@H]2c3ccsc3CCN2CCc2ccncc2)c1. The summed E-state index contributed by atoms with van der Waals surface area (Å²) < 4.78 is 0.